The Bertz CT molecular complexity index is 1120. The maximum atomic E-state index is 12.5. The van der Waals surface area contributed by atoms with Gasteiger partial charge in [0.1, 0.15) is 18.0 Å². The van der Waals surface area contributed by atoms with Crippen LogP contribution < -0.4 is 0 Å². The zero-order chi connectivity index (χ0) is 18.4. The fourth-order valence-corrected chi connectivity index (χ4v) is 3.28. The second kappa shape index (κ2) is 6.05. The Labute approximate surface area is 155 Å². The fraction of sp³-hybridized carbons (Fsp3) is 0.150. The van der Waals surface area contributed by atoms with Gasteiger partial charge in [0.2, 0.25) is 0 Å². The highest BCUT2D eigenvalue weighted by atomic mass is 16.2. The van der Waals surface area contributed by atoms with Gasteiger partial charge in [0, 0.05) is 28.9 Å². The van der Waals surface area contributed by atoms with E-state index in [0.717, 1.165) is 39.5 Å². The number of aromatic amines is 1. The summed E-state index contributed by atoms with van der Waals surface area (Å²) in [4.78, 5) is 26.0. The number of fused-ring (bicyclic) bond motifs is 1. The molecule has 1 aliphatic heterocycles. The van der Waals surface area contributed by atoms with Crippen molar-refractivity contribution in [3.63, 3.8) is 0 Å². The highest BCUT2D eigenvalue weighted by Crippen LogP contribution is 2.27. The lowest BCUT2D eigenvalue weighted by molar-refractivity contribution is 0.0666. The third kappa shape index (κ3) is 2.68. The number of rotatable bonds is 3. The summed E-state index contributed by atoms with van der Waals surface area (Å²) in [6, 6.07) is 10.7. The number of nitrogens with zero attached hydrogens (tertiary/aromatic N) is 5. The van der Waals surface area contributed by atoms with Crippen LogP contribution in [-0.2, 0) is 0 Å². The van der Waals surface area contributed by atoms with Crippen LogP contribution in [0.25, 0.3) is 22.3 Å². The Morgan fingerprint density at radius 1 is 1.11 bits per heavy atom. The van der Waals surface area contributed by atoms with Gasteiger partial charge in [0.25, 0.3) is 5.91 Å². The minimum Gasteiger partial charge on any atom is -0.346 e. The predicted molar refractivity (Wildman–Crippen MR) is 101 cm³/mol. The summed E-state index contributed by atoms with van der Waals surface area (Å²) in [7, 11) is 0. The molecule has 4 aromatic rings. The standard InChI is InChI=1S/C20H17N6O/c1-13-2-4-14(5-3-13)20(27)25-10-16(11-25)26-9-15(8-24-26)18-17-6-7-21-19(17)23-12-22-18/h2-9,12H,10-11H2,1H3,(H,21,22,23). The molecule has 1 saturated heterocycles. The molecular weight excluding hydrogens is 340 g/mol. The first-order valence-corrected chi connectivity index (χ1v) is 8.73. The summed E-state index contributed by atoms with van der Waals surface area (Å²) in [5.74, 6) is 0.0518. The lowest BCUT2D eigenvalue weighted by atomic mass is 10.1. The molecule has 0 bridgehead atoms. The minimum absolute atomic E-state index is 0.0518. The molecule has 3 aromatic heterocycles. The summed E-state index contributed by atoms with van der Waals surface area (Å²) >= 11 is 0. The maximum Gasteiger partial charge on any atom is 0.254 e. The number of aromatic nitrogens is 5. The molecule has 0 saturated carbocycles. The first-order chi connectivity index (χ1) is 13.2. The van der Waals surface area contributed by atoms with E-state index in [1.807, 2.05) is 59.2 Å². The monoisotopic (exact) mass is 357 g/mol. The molecular formula is C20H17N6O. The fourth-order valence-electron chi connectivity index (χ4n) is 3.28. The van der Waals surface area contributed by atoms with Crippen LogP contribution in [0.4, 0.5) is 0 Å². The van der Waals surface area contributed by atoms with Crippen molar-refractivity contribution in [2.24, 2.45) is 0 Å². The molecule has 1 N–H and O–H groups in total. The molecule has 7 heteroatoms. The Kier molecular flexibility index (Phi) is 3.53. The van der Waals surface area contributed by atoms with Gasteiger partial charge in [-0.3, -0.25) is 9.48 Å². The molecule has 133 valence electrons. The number of nitrogens with one attached hydrogen (secondary N) is 1. The first-order valence-electron chi connectivity index (χ1n) is 8.73. The van der Waals surface area contributed by atoms with Crippen LogP contribution in [0.15, 0.2) is 55.2 Å². The molecule has 1 amide bonds. The van der Waals surface area contributed by atoms with Gasteiger partial charge in [-0.2, -0.15) is 5.10 Å². The molecule has 0 aliphatic carbocycles. The highest BCUT2D eigenvalue weighted by molar-refractivity contribution is 5.95. The lowest BCUT2D eigenvalue weighted by Crippen LogP contribution is -2.51. The van der Waals surface area contributed by atoms with E-state index in [1.165, 1.54) is 0 Å². The van der Waals surface area contributed by atoms with Crippen molar-refractivity contribution in [1.82, 2.24) is 29.6 Å². The van der Waals surface area contributed by atoms with Crippen molar-refractivity contribution in [2.75, 3.05) is 13.1 Å². The van der Waals surface area contributed by atoms with E-state index < -0.39 is 0 Å². The van der Waals surface area contributed by atoms with E-state index in [2.05, 4.69) is 20.1 Å². The second-order valence-electron chi connectivity index (χ2n) is 6.73. The largest absolute Gasteiger partial charge is 0.346 e. The van der Waals surface area contributed by atoms with Crippen molar-refractivity contribution in [3.8, 4) is 11.3 Å². The molecule has 7 nitrogen and oxygen atoms in total. The molecule has 1 radical (unpaired) electrons. The number of H-pyrrole nitrogens is 1. The van der Waals surface area contributed by atoms with Crippen molar-refractivity contribution in [3.05, 3.63) is 72.4 Å². The third-order valence-electron chi connectivity index (χ3n) is 4.87. The number of carbonyl (C=O) groups is 1. The number of carbonyl (C=O) groups excluding carboxylic acids is 1. The van der Waals surface area contributed by atoms with Gasteiger partial charge < -0.3 is 9.88 Å². The van der Waals surface area contributed by atoms with E-state index in [1.54, 1.807) is 12.5 Å². The first kappa shape index (κ1) is 15.7. The Morgan fingerprint density at radius 3 is 2.74 bits per heavy atom. The van der Waals surface area contributed by atoms with Crippen molar-refractivity contribution in [2.45, 2.75) is 6.92 Å². The van der Waals surface area contributed by atoms with E-state index in [9.17, 15) is 4.79 Å². The van der Waals surface area contributed by atoms with Crippen LogP contribution >= 0.6 is 0 Å². The van der Waals surface area contributed by atoms with Crippen LogP contribution in [0.1, 0.15) is 15.9 Å². The summed E-state index contributed by atoms with van der Waals surface area (Å²) in [5, 5.41) is 5.42. The van der Waals surface area contributed by atoms with Gasteiger partial charge in [-0.25, -0.2) is 9.97 Å². The number of likely N-dealkylation sites (tertiary alicyclic amines) is 1. The SMILES string of the molecule is Cc1ccc(C(=O)N2C[C](n3cc(-c4ncnc5[nH]ccc45)cn3)C2)cc1. The molecule has 1 aliphatic rings. The average Bonchev–Trinajstić information content (AvgIpc) is 3.30. The Morgan fingerprint density at radius 2 is 1.93 bits per heavy atom. The van der Waals surface area contributed by atoms with Gasteiger partial charge in [0.15, 0.2) is 0 Å². The van der Waals surface area contributed by atoms with Crippen LogP contribution in [0.5, 0.6) is 0 Å². The van der Waals surface area contributed by atoms with Crippen LogP contribution in [0.2, 0.25) is 0 Å². The number of hydrogen-bond acceptors (Lipinski definition) is 4. The number of amides is 1. The van der Waals surface area contributed by atoms with E-state index >= 15 is 0 Å². The van der Waals surface area contributed by atoms with Crippen molar-refractivity contribution in [1.29, 1.82) is 0 Å². The molecule has 1 fully saturated rings. The summed E-state index contributed by atoms with van der Waals surface area (Å²) in [6.07, 6.45) is 7.15. The Hall–Kier alpha value is -3.48. The number of benzene rings is 1. The minimum atomic E-state index is 0.0518. The predicted octanol–water partition coefficient (Wildman–Crippen LogP) is 2.67. The topological polar surface area (TPSA) is 79.7 Å². The van der Waals surface area contributed by atoms with Crippen LogP contribution in [0, 0.1) is 13.0 Å². The van der Waals surface area contributed by atoms with Gasteiger partial charge in [-0.15, -0.1) is 0 Å². The lowest BCUT2D eigenvalue weighted by Gasteiger charge is -2.38. The van der Waals surface area contributed by atoms with Gasteiger partial charge in [0.05, 0.1) is 25.0 Å². The summed E-state index contributed by atoms with van der Waals surface area (Å²) in [6.45, 7) is 3.17. The molecule has 0 atom stereocenters. The van der Waals surface area contributed by atoms with Crippen molar-refractivity contribution < 1.29 is 4.79 Å². The third-order valence-corrected chi connectivity index (χ3v) is 4.87. The second-order valence-corrected chi connectivity index (χ2v) is 6.73. The van der Waals surface area contributed by atoms with Crippen molar-refractivity contribution >= 4 is 16.9 Å². The van der Waals surface area contributed by atoms with Gasteiger partial charge >= 0.3 is 0 Å². The smallest absolute Gasteiger partial charge is 0.254 e. The molecule has 5 rings (SSSR count). The Balaban J connectivity index is 1.31. The normalized spacial score (nSPS) is 14.5. The quantitative estimate of drug-likeness (QED) is 0.611. The highest BCUT2D eigenvalue weighted by Gasteiger charge is 2.34. The zero-order valence-corrected chi connectivity index (χ0v) is 14.8. The molecule has 0 unspecified atom stereocenters. The molecule has 0 spiro atoms. The maximum absolute atomic E-state index is 12.5. The summed E-state index contributed by atoms with van der Waals surface area (Å²) < 4.78 is 1.84. The van der Waals surface area contributed by atoms with Crippen LogP contribution in [0.3, 0.4) is 0 Å². The molecule has 27 heavy (non-hydrogen) atoms. The van der Waals surface area contributed by atoms with Gasteiger partial charge in [-0.1, -0.05) is 17.7 Å². The zero-order valence-electron chi connectivity index (χ0n) is 14.8. The number of aryl methyl sites for hydroxylation is 1. The molecule has 1 aromatic carbocycles. The van der Waals surface area contributed by atoms with E-state index in [4.69, 9.17) is 0 Å². The summed E-state index contributed by atoms with van der Waals surface area (Å²) in [5.41, 5.74) is 4.45. The van der Waals surface area contributed by atoms with E-state index in [-0.39, 0.29) is 5.91 Å². The van der Waals surface area contributed by atoms with Crippen LogP contribution in [-0.4, -0.2) is 48.6 Å². The molecule has 4 heterocycles. The number of hydrogen-bond donors (Lipinski definition) is 1. The van der Waals surface area contributed by atoms with Gasteiger partial charge in [-0.05, 0) is 25.1 Å². The average molecular weight is 357 g/mol. The van der Waals surface area contributed by atoms with E-state index in [0.29, 0.717) is 13.1 Å².